The van der Waals surface area contributed by atoms with Crippen LogP contribution in [-0.2, 0) is 32.7 Å². The van der Waals surface area contributed by atoms with Crippen LogP contribution in [0.5, 0.6) is 0 Å². The van der Waals surface area contributed by atoms with Gasteiger partial charge in [-0.3, -0.25) is 4.90 Å². The molecule has 132 valence electrons. The molecule has 0 amide bonds. The summed E-state index contributed by atoms with van der Waals surface area (Å²) in [7, 11) is 3.84. The number of fused-ring (bicyclic) bond motifs is 1. The first kappa shape index (κ1) is 17.3. The van der Waals surface area contributed by atoms with Gasteiger partial charge in [0.1, 0.15) is 16.8 Å². The van der Waals surface area contributed by atoms with E-state index in [1.54, 1.807) is 10.8 Å². The lowest BCUT2D eigenvalue weighted by molar-refractivity contribution is -0.141. The maximum absolute atomic E-state index is 12.8. The van der Waals surface area contributed by atoms with Crippen molar-refractivity contribution in [2.45, 2.75) is 32.1 Å². The number of halogens is 4. The third kappa shape index (κ3) is 3.59. The van der Waals surface area contributed by atoms with Gasteiger partial charge in [0.2, 0.25) is 0 Å². The molecule has 0 N–H and O–H groups in total. The molecule has 0 spiro atoms. The van der Waals surface area contributed by atoms with Gasteiger partial charge in [-0.25, -0.2) is 9.97 Å². The fourth-order valence-corrected chi connectivity index (χ4v) is 3.26. The van der Waals surface area contributed by atoms with E-state index < -0.39 is 11.9 Å². The van der Waals surface area contributed by atoms with E-state index in [9.17, 15) is 13.2 Å². The Hall–Kier alpha value is -1.54. The first-order valence-corrected chi connectivity index (χ1v) is 8.09. The maximum atomic E-state index is 12.8. The van der Waals surface area contributed by atoms with Crippen LogP contribution in [0.1, 0.15) is 23.8 Å². The number of hydrogen-bond acceptors (Lipinski definition) is 3. The summed E-state index contributed by atoms with van der Waals surface area (Å²) in [6, 6.07) is 0. The Morgan fingerprint density at radius 3 is 2.79 bits per heavy atom. The van der Waals surface area contributed by atoms with Crippen LogP contribution in [0.3, 0.4) is 0 Å². The van der Waals surface area contributed by atoms with Crippen LogP contribution >= 0.6 is 11.6 Å². The molecule has 1 aliphatic rings. The Morgan fingerprint density at radius 1 is 1.42 bits per heavy atom. The second kappa shape index (κ2) is 6.40. The lowest BCUT2D eigenvalue weighted by Crippen LogP contribution is -2.31. The lowest BCUT2D eigenvalue weighted by atomic mass is 9.99. The van der Waals surface area contributed by atoms with Gasteiger partial charge in [0, 0.05) is 32.8 Å². The average molecular weight is 362 g/mol. The summed E-state index contributed by atoms with van der Waals surface area (Å²) in [6.07, 6.45) is -0.237. The fraction of sp³-hybridized carbons (Fsp3) is 0.600. The van der Waals surface area contributed by atoms with Crippen molar-refractivity contribution in [3.05, 3.63) is 34.9 Å². The van der Waals surface area contributed by atoms with E-state index in [1.165, 1.54) is 0 Å². The van der Waals surface area contributed by atoms with Gasteiger partial charge in [-0.1, -0.05) is 11.6 Å². The first-order valence-electron chi connectivity index (χ1n) is 7.72. The van der Waals surface area contributed by atoms with Gasteiger partial charge in [-0.2, -0.15) is 13.2 Å². The van der Waals surface area contributed by atoms with E-state index in [4.69, 9.17) is 11.6 Å². The van der Waals surface area contributed by atoms with Crippen molar-refractivity contribution in [3.63, 3.8) is 0 Å². The zero-order chi connectivity index (χ0) is 17.5. The van der Waals surface area contributed by atoms with Crippen LogP contribution in [-0.4, -0.2) is 37.6 Å². The molecule has 0 saturated heterocycles. The standard InChI is InChI=1S/C15H19ClF3N5/c1-22(9-14-20-5-12(16)23(14)2)6-10-3-4-13-21-11(15(17,18)19)8-24(13)7-10/h5,8,10H,3-4,6-7,9H2,1-2H3. The van der Waals surface area contributed by atoms with Crippen molar-refractivity contribution in [2.75, 3.05) is 13.6 Å². The van der Waals surface area contributed by atoms with Crippen LogP contribution in [0.2, 0.25) is 5.15 Å². The molecule has 3 rings (SSSR count). The lowest BCUT2D eigenvalue weighted by Gasteiger charge is -2.28. The minimum Gasteiger partial charge on any atom is -0.334 e. The van der Waals surface area contributed by atoms with Gasteiger partial charge in [0.05, 0.1) is 12.7 Å². The smallest absolute Gasteiger partial charge is 0.334 e. The Morgan fingerprint density at radius 2 is 2.17 bits per heavy atom. The Labute approximate surface area is 143 Å². The first-order chi connectivity index (χ1) is 11.2. The molecular formula is C15H19ClF3N5. The summed E-state index contributed by atoms with van der Waals surface area (Å²) in [5.74, 6) is 1.67. The molecule has 0 radical (unpaired) electrons. The largest absolute Gasteiger partial charge is 0.434 e. The summed E-state index contributed by atoms with van der Waals surface area (Å²) < 4.78 is 41.7. The zero-order valence-corrected chi connectivity index (χ0v) is 14.3. The topological polar surface area (TPSA) is 38.9 Å². The van der Waals surface area contributed by atoms with Gasteiger partial charge in [-0.05, 0) is 19.4 Å². The minimum atomic E-state index is -4.38. The van der Waals surface area contributed by atoms with E-state index in [1.807, 2.05) is 18.7 Å². The summed E-state index contributed by atoms with van der Waals surface area (Å²) in [5.41, 5.74) is -0.797. The molecule has 1 aliphatic heterocycles. The SMILES string of the molecule is CN(Cc1ncc(Cl)n1C)CC1CCc2nc(C(F)(F)F)cn2C1. The van der Waals surface area contributed by atoms with E-state index in [-0.39, 0.29) is 5.92 Å². The molecule has 0 aliphatic carbocycles. The molecule has 1 atom stereocenters. The number of rotatable bonds is 4. The Bertz CT molecular complexity index is 721. The molecule has 0 bridgehead atoms. The van der Waals surface area contributed by atoms with E-state index in [2.05, 4.69) is 14.9 Å². The number of nitrogens with zero attached hydrogens (tertiary/aromatic N) is 5. The highest BCUT2D eigenvalue weighted by Gasteiger charge is 2.35. The number of alkyl halides is 3. The van der Waals surface area contributed by atoms with Gasteiger partial charge in [0.25, 0.3) is 0 Å². The molecule has 24 heavy (non-hydrogen) atoms. The second-order valence-electron chi connectivity index (χ2n) is 6.35. The van der Waals surface area contributed by atoms with Gasteiger partial charge in [-0.15, -0.1) is 0 Å². The normalized spacial score (nSPS) is 18.2. The van der Waals surface area contributed by atoms with E-state index in [0.29, 0.717) is 30.5 Å². The molecule has 3 heterocycles. The van der Waals surface area contributed by atoms with Crippen LogP contribution < -0.4 is 0 Å². The van der Waals surface area contributed by atoms with Crippen LogP contribution in [0.15, 0.2) is 12.4 Å². The van der Waals surface area contributed by atoms with E-state index in [0.717, 1.165) is 25.0 Å². The molecule has 9 heteroatoms. The highest BCUT2D eigenvalue weighted by Crippen LogP contribution is 2.30. The molecule has 0 fully saturated rings. The van der Waals surface area contributed by atoms with Crippen molar-refractivity contribution in [1.82, 2.24) is 24.0 Å². The quantitative estimate of drug-likeness (QED) is 0.840. The summed E-state index contributed by atoms with van der Waals surface area (Å²) in [5, 5.41) is 0.582. The van der Waals surface area contributed by atoms with Gasteiger partial charge < -0.3 is 9.13 Å². The van der Waals surface area contributed by atoms with Gasteiger partial charge in [0.15, 0.2) is 5.69 Å². The van der Waals surface area contributed by atoms with Crippen LogP contribution in [0.4, 0.5) is 13.2 Å². The molecule has 0 saturated carbocycles. The van der Waals surface area contributed by atoms with Crippen molar-refractivity contribution in [2.24, 2.45) is 13.0 Å². The molecule has 5 nitrogen and oxygen atoms in total. The predicted octanol–water partition coefficient (Wildman–Crippen LogP) is 2.98. The van der Waals surface area contributed by atoms with Crippen molar-refractivity contribution in [1.29, 1.82) is 0 Å². The molecule has 2 aromatic heterocycles. The zero-order valence-electron chi connectivity index (χ0n) is 13.5. The number of hydrogen-bond donors (Lipinski definition) is 0. The van der Waals surface area contributed by atoms with Gasteiger partial charge >= 0.3 is 6.18 Å². The Balaban J connectivity index is 1.61. The fourth-order valence-electron chi connectivity index (χ4n) is 3.12. The Kier molecular flexibility index (Phi) is 4.61. The number of aromatic nitrogens is 4. The summed E-state index contributed by atoms with van der Waals surface area (Å²) >= 11 is 5.98. The van der Waals surface area contributed by atoms with Crippen LogP contribution in [0, 0.1) is 5.92 Å². The third-order valence-electron chi connectivity index (χ3n) is 4.39. The molecule has 0 aromatic carbocycles. The average Bonchev–Trinajstić information content (AvgIpc) is 3.05. The minimum absolute atomic E-state index is 0.286. The highest BCUT2D eigenvalue weighted by atomic mass is 35.5. The molecule has 1 unspecified atom stereocenters. The monoisotopic (exact) mass is 361 g/mol. The highest BCUT2D eigenvalue weighted by molar-refractivity contribution is 6.29. The van der Waals surface area contributed by atoms with Crippen molar-refractivity contribution in [3.8, 4) is 0 Å². The van der Waals surface area contributed by atoms with Crippen LogP contribution in [0.25, 0.3) is 0 Å². The second-order valence-corrected chi connectivity index (χ2v) is 6.74. The molecule has 2 aromatic rings. The number of imidazole rings is 2. The van der Waals surface area contributed by atoms with Crippen molar-refractivity contribution < 1.29 is 13.2 Å². The van der Waals surface area contributed by atoms with Crippen molar-refractivity contribution >= 4 is 11.6 Å². The summed E-state index contributed by atoms with van der Waals surface area (Å²) in [4.78, 5) is 10.1. The maximum Gasteiger partial charge on any atom is 0.434 e. The molecular weight excluding hydrogens is 343 g/mol. The summed E-state index contributed by atoms with van der Waals surface area (Å²) in [6.45, 7) is 1.98. The number of aryl methyl sites for hydroxylation is 1. The van der Waals surface area contributed by atoms with E-state index >= 15 is 0 Å². The third-order valence-corrected chi connectivity index (χ3v) is 4.74. The predicted molar refractivity (Wildman–Crippen MR) is 83.6 cm³/mol.